The number of esters is 3. The molecule has 0 N–H and O–H groups in total. The lowest BCUT2D eigenvalue weighted by Crippen LogP contribution is -2.37. The summed E-state index contributed by atoms with van der Waals surface area (Å²) in [5.41, 5.74) is -1.05. The van der Waals surface area contributed by atoms with Crippen molar-refractivity contribution in [3.05, 3.63) is 68.0 Å². The number of benzene rings is 1. The second kappa shape index (κ2) is 8.83. The third-order valence-electron chi connectivity index (χ3n) is 3.84. The fraction of sp³-hybridized carbons (Fsp3) is 0.211. The Morgan fingerprint density at radius 1 is 0.931 bits per heavy atom. The van der Waals surface area contributed by atoms with Gasteiger partial charge < -0.3 is 18.8 Å². The minimum absolute atomic E-state index is 0.0193. The molecule has 0 fully saturated rings. The topological polar surface area (TPSA) is 123 Å². The van der Waals surface area contributed by atoms with Crippen LogP contribution in [0.15, 0.2) is 40.1 Å². The van der Waals surface area contributed by atoms with Crippen LogP contribution in [0.5, 0.6) is 5.75 Å². The zero-order chi connectivity index (χ0) is 21.7. The first-order valence-corrected chi connectivity index (χ1v) is 8.16. The van der Waals surface area contributed by atoms with Crippen LogP contribution in [-0.2, 0) is 28.4 Å². The average molecular weight is 402 g/mol. The molecular weight excluding hydrogens is 384 g/mol. The van der Waals surface area contributed by atoms with E-state index in [4.69, 9.17) is 4.74 Å². The van der Waals surface area contributed by atoms with E-state index in [-0.39, 0.29) is 22.4 Å². The SMILES string of the molecule is COC(=O)c1cc(OC(=O)/C=C/c2cn(C)c(=O)n(C)c2=O)cc(C(=O)OC)c1. The van der Waals surface area contributed by atoms with Crippen molar-refractivity contribution < 1.29 is 28.6 Å². The normalized spacial score (nSPS) is 10.6. The molecule has 1 heterocycles. The molecular formula is C19H18N2O8. The van der Waals surface area contributed by atoms with Crippen molar-refractivity contribution in [3.63, 3.8) is 0 Å². The van der Waals surface area contributed by atoms with Crippen molar-refractivity contribution in [2.24, 2.45) is 14.1 Å². The van der Waals surface area contributed by atoms with Crippen molar-refractivity contribution in [2.75, 3.05) is 14.2 Å². The summed E-state index contributed by atoms with van der Waals surface area (Å²) in [5.74, 6) is -2.45. The van der Waals surface area contributed by atoms with Gasteiger partial charge in [-0.05, 0) is 24.3 Å². The van der Waals surface area contributed by atoms with E-state index >= 15 is 0 Å². The second-order valence-electron chi connectivity index (χ2n) is 5.83. The molecule has 152 valence electrons. The van der Waals surface area contributed by atoms with Gasteiger partial charge in [-0.1, -0.05) is 0 Å². The Balaban J connectivity index is 2.32. The Hall–Kier alpha value is -3.95. The first kappa shape index (κ1) is 21.4. The van der Waals surface area contributed by atoms with E-state index in [0.29, 0.717) is 0 Å². The zero-order valence-corrected chi connectivity index (χ0v) is 16.1. The highest BCUT2D eigenvalue weighted by Crippen LogP contribution is 2.19. The molecule has 0 aliphatic carbocycles. The van der Waals surface area contributed by atoms with E-state index in [9.17, 15) is 24.0 Å². The number of aryl methyl sites for hydroxylation is 1. The zero-order valence-electron chi connectivity index (χ0n) is 16.1. The van der Waals surface area contributed by atoms with Crippen molar-refractivity contribution in [2.45, 2.75) is 0 Å². The van der Waals surface area contributed by atoms with Crippen LogP contribution in [0, 0.1) is 0 Å². The highest BCUT2D eigenvalue weighted by atomic mass is 16.5. The number of methoxy groups -OCH3 is 2. The van der Waals surface area contributed by atoms with Crippen LogP contribution in [0.3, 0.4) is 0 Å². The molecule has 0 radical (unpaired) electrons. The quantitative estimate of drug-likeness (QED) is 0.397. The Morgan fingerprint density at radius 2 is 1.48 bits per heavy atom. The predicted octanol–water partition coefficient (Wildman–Crippen LogP) is 0.276. The number of ether oxygens (including phenoxy) is 3. The molecule has 10 nitrogen and oxygen atoms in total. The summed E-state index contributed by atoms with van der Waals surface area (Å²) >= 11 is 0. The van der Waals surface area contributed by atoms with Crippen molar-refractivity contribution in [1.82, 2.24) is 9.13 Å². The monoisotopic (exact) mass is 402 g/mol. The Bertz CT molecular complexity index is 1090. The van der Waals surface area contributed by atoms with E-state index in [1.807, 2.05) is 0 Å². The van der Waals surface area contributed by atoms with Gasteiger partial charge in [-0.15, -0.1) is 0 Å². The first-order chi connectivity index (χ1) is 13.7. The van der Waals surface area contributed by atoms with E-state index in [2.05, 4.69) is 9.47 Å². The summed E-state index contributed by atoms with van der Waals surface area (Å²) in [6, 6.07) is 3.67. The predicted molar refractivity (Wildman–Crippen MR) is 101 cm³/mol. The summed E-state index contributed by atoms with van der Waals surface area (Å²) in [4.78, 5) is 59.4. The van der Waals surface area contributed by atoms with Gasteiger partial charge in [0.1, 0.15) is 5.75 Å². The maximum Gasteiger partial charge on any atom is 0.338 e. The molecule has 0 bridgehead atoms. The van der Waals surface area contributed by atoms with Crippen LogP contribution in [0.25, 0.3) is 6.08 Å². The standard InChI is InChI=1S/C19H18N2O8/c1-20-10-11(16(23)21(2)19(20)26)5-6-15(22)29-14-8-12(17(24)27-3)7-13(9-14)18(25)28-4/h5-10H,1-4H3/b6-5+. The minimum Gasteiger partial charge on any atom is -0.465 e. The van der Waals surface area contributed by atoms with Gasteiger partial charge in [0.25, 0.3) is 5.56 Å². The molecule has 1 aromatic heterocycles. The molecule has 2 rings (SSSR count). The molecule has 0 saturated carbocycles. The van der Waals surface area contributed by atoms with Gasteiger partial charge in [-0.2, -0.15) is 0 Å². The fourth-order valence-corrected chi connectivity index (χ4v) is 2.39. The largest absolute Gasteiger partial charge is 0.465 e. The number of carbonyl (C=O) groups excluding carboxylic acids is 3. The highest BCUT2D eigenvalue weighted by Gasteiger charge is 2.15. The minimum atomic E-state index is -0.876. The molecule has 0 saturated heterocycles. The molecule has 29 heavy (non-hydrogen) atoms. The molecule has 2 aromatic rings. The molecule has 0 amide bonds. The van der Waals surface area contributed by atoms with Crippen LogP contribution in [0.1, 0.15) is 26.3 Å². The summed E-state index contributed by atoms with van der Waals surface area (Å²) in [5, 5.41) is 0. The Labute approximate surface area is 164 Å². The van der Waals surface area contributed by atoms with Gasteiger partial charge in [0.05, 0.1) is 30.9 Å². The van der Waals surface area contributed by atoms with Gasteiger partial charge in [-0.3, -0.25) is 9.36 Å². The highest BCUT2D eigenvalue weighted by molar-refractivity contribution is 5.96. The molecule has 0 aliphatic rings. The van der Waals surface area contributed by atoms with Crippen LogP contribution in [0.2, 0.25) is 0 Å². The molecule has 0 aliphatic heterocycles. The van der Waals surface area contributed by atoms with Crippen LogP contribution < -0.4 is 16.0 Å². The van der Waals surface area contributed by atoms with Gasteiger partial charge in [0.15, 0.2) is 0 Å². The number of nitrogens with zero attached hydrogens (tertiary/aromatic N) is 2. The Morgan fingerprint density at radius 3 is 2.00 bits per heavy atom. The fourth-order valence-electron chi connectivity index (χ4n) is 2.39. The smallest absolute Gasteiger partial charge is 0.338 e. The maximum absolute atomic E-state index is 12.1. The lowest BCUT2D eigenvalue weighted by Gasteiger charge is -2.07. The van der Waals surface area contributed by atoms with Crippen LogP contribution in [-0.4, -0.2) is 41.3 Å². The summed E-state index contributed by atoms with van der Waals surface area (Å²) in [6.07, 6.45) is 3.45. The van der Waals surface area contributed by atoms with Crippen LogP contribution >= 0.6 is 0 Å². The molecule has 1 aromatic carbocycles. The molecule has 0 atom stereocenters. The number of hydrogen-bond acceptors (Lipinski definition) is 8. The van der Waals surface area contributed by atoms with Crippen LogP contribution in [0.4, 0.5) is 0 Å². The summed E-state index contributed by atoms with van der Waals surface area (Å²) in [6.45, 7) is 0. The molecule has 0 unspecified atom stereocenters. The van der Waals surface area contributed by atoms with Crippen molar-refractivity contribution in [1.29, 1.82) is 0 Å². The summed E-state index contributed by atoms with van der Waals surface area (Å²) in [7, 11) is 5.10. The van der Waals surface area contributed by atoms with E-state index < -0.39 is 29.2 Å². The number of rotatable bonds is 5. The third kappa shape index (κ3) is 4.86. The Kier molecular flexibility index (Phi) is 6.50. The van der Waals surface area contributed by atoms with Gasteiger partial charge in [0.2, 0.25) is 0 Å². The molecule has 10 heteroatoms. The third-order valence-corrected chi connectivity index (χ3v) is 3.84. The number of hydrogen-bond donors (Lipinski definition) is 0. The van der Waals surface area contributed by atoms with E-state index in [0.717, 1.165) is 24.9 Å². The molecule has 0 spiro atoms. The lowest BCUT2D eigenvalue weighted by molar-refractivity contribution is -0.128. The van der Waals surface area contributed by atoms with Gasteiger partial charge in [0, 0.05) is 26.4 Å². The first-order valence-electron chi connectivity index (χ1n) is 8.16. The van der Waals surface area contributed by atoms with Gasteiger partial charge >= 0.3 is 23.6 Å². The van der Waals surface area contributed by atoms with E-state index in [1.54, 1.807) is 0 Å². The average Bonchev–Trinajstić information content (AvgIpc) is 2.72. The van der Waals surface area contributed by atoms with Gasteiger partial charge in [-0.25, -0.2) is 19.2 Å². The van der Waals surface area contributed by atoms with E-state index in [1.165, 1.54) is 49.1 Å². The second-order valence-corrected chi connectivity index (χ2v) is 5.83. The maximum atomic E-state index is 12.1. The van der Waals surface area contributed by atoms with Crippen molar-refractivity contribution >= 4 is 24.0 Å². The number of aromatic nitrogens is 2. The lowest BCUT2D eigenvalue weighted by atomic mass is 10.1. The number of carbonyl (C=O) groups is 3. The summed E-state index contributed by atoms with van der Waals surface area (Å²) < 4.78 is 16.4. The van der Waals surface area contributed by atoms with Crippen molar-refractivity contribution in [3.8, 4) is 5.75 Å².